The minimum Gasteiger partial charge on any atom is -0.496 e. The van der Waals surface area contributed by atoms with Gasteiger partial charge in [0.2, 0.25) is 6.79 Å². The average Bonchev–Trinajstić information content (AvgIpc) is 3.17. The summed E-state index contributed by atoms with van der Waals surface area (Å²) in [5, 5.41) is 6.17. The molecule has 0 atom stereocenters. The Morgan fingerprint density at radius 2 is 1.59 bits per heavy atom. The minimum absolute atomic E-state index is 0.219. The Morgan fingerprint density at radius 3 is 2.41 bits per heavy atom. The predicted octanol–water partition coefficient (Wildman–Crippen LogP) is 4.42. The second-order valence-electron chi connectivity index (χ2n) is 5.92. The lowest BCUT2D eigenvalue weighted by Crippen LogP contribution is -2.13. The maximum atomic E-state index is 12.4. The average molecular weight is 362 g/mol. The number of hydrogen-bond donors (Lipinski definition) is 2. The van der Waals surface area contributed by atoms with E-state index in [2.05, 4.69) is 10.6 Å². The molecule has 1 aliphatic heterocycles. The molecule has 0 radical (unpaired) electrons. The number of amides is 1. The van der Waals surface area contributed by atoms with Crippen LogP contribution in [0.2, 0.25) is 0 Å². The van der Waals surface area contributed by atoms with Crippen molar-refractivity contribution in [2.24, 2.45) is 0 Å². The first-order valence-corrected chi connectivity index (χ1v) is 8.44. The molecule has 0 aromatic heterocycles. The molecule has 27 heavy (non-hydrogen) atoms. The van der Waals surface area contributed by atoms with E-state index in [-0.39, 0.29) is 12.7 Å². The minimum atomic E-state index is -0.219. The van der Waals surface area contributed by atoms with Gasteiger partial charge in [0.1, 0.15) is 5.75 Å². The molecule has 1 amide bonds. The fraction of sp³-hybridized carbons (Fsp3) is 0.0952. The number of benzene rings is 3. The Hall–Kier alpha value is -3.67. The fourth-order valence-corrected chi connectivity index (χ4v) is 2.81. The van der Waals surface area contributed by atoms with Gasteiger partial charge in [-0.25, -0.2) is 0 Å². The Morgan fingerprint density at radius 1 is 0.889 bits per heavy atom. The summed E-state index contributed by atoms with van der Waals surface area (Å²) in [6.45, 7) is 0.249. The Bertz CT molecular complexity index is 970. The first-order valence-electron chi connectivity index (χ1n) is 8.44. The first kappa shape index (κ1) is 16.8. The SMILES string of the molecule is COc1ccccc1C(=O)Nc1ccc(Nc2ccc3c(c2)OCO3)cc1. The van der Waals surface area contributed by atoms with Crippen LogP contribution >= 0.6 is 0 Å². The van der Waals surface area contributed by atoms with Crippen LogP contribution in [0.5, 0.6) is 17.2 Å². The summed E-state index contributed by atoms with van der Waals surface area (Å²) in [5.74, 6) is 1.79. The zero-order valence-corrected chi connectivity index (χ0v) is 14.7. The summed E-state index contributed by atoms with van der Waals surface area (Å²) < 4.78 is 15.9. The van der Waals surface area contributed by atoms with E-state index in [1.807, 2.05) is 48.5 Å². The van der Waals surface area contributed by atoms with Crippen LogP contribution < -0.4 is 24.8 Å². The summed E-state index contributed by atoms with van der Waals surface area (Å²) >= 11 is 0. The summed E-state index contributed by atoms with van der Waals surface area (Å²) in [4.78, 5) is 12.4. The lowest BCUT2D eigenvalue weighted by molar-refractivity contribution is 0.102. The standard InChI is InChI=1S/C21H18N2O4/c1-25-18-5-3-2-4-17(18)21(24)23-15-8-6-14(7-9-15)22-16-10-11-19-20(12-16)27-13-26-19/h2-12,22H,13H2,1H3,(H,23,24). The molecule has 2 N–H and O–H groups in total. The van der Waals surface area contributed by atoms with Gasteiger partial charge in [0.05, 0.1) is 12.7 Å². The molecule has 4 rings (SSSR count). The smallest absolute Gasteiger partial charge is 0.259 e. The van der Waals surface area contributed by atoms with Gasteiger partial charge in [0.15, 0.2) is 11.5 Å². The van der Waals surface area contributed by atoms with Gasteiger partial charge in [0.25, 0.3) is 5.91 Å². The molecule has 0 fully saturated rings. The van der Waals surface area contributed by atoms with Crippen LogP contribution in [0.1, 0.15) is 10.4 Å². The molecule has 0 aliphatic carbocycles. The van der Waals surface area contributed by atoms with Crippen LogP contribution in [-0.2, 0) is 0 Å². The van der Waals surface area contributed by atoms with Crippen molar-refractivity contribution >= 4 is 23.0 Å². The van der Waals surface area contributed by atoms with Crippen molar-refractivity contribution in [3.8, 4) is 17.2 Å². The monoisotopic (exact) mass is 362 g/mol. The second kappa shape index (κ2) is 7.29. The van der Waals surface area contributed by atoms with Gasteiger partial charge in [0, 0.05) is 23.1 Å². The van der Waals surface area contributed by atoms with E-state index in [0.717, 1.165) is 22.9 Å². The van der Waals surface area contributed by atoms with Gasteiger partial charge in [-0.05, 0) is 48.5 Å². The Balaban J connectivity index is 1.44. The molecule has 0 spiro atoms. The van der Waals surface area contributed by atoms with E-state index in [1.54, 1.807) is 25.3 Å². The number of para-hydroxylation sites is 1. The van der Waals surface area contributed by atoms with Crippen LogP contribution in [0.25, 0.3) is 0 Å². The highest BCUT2D eigenvalue weighted by molar-refractivity contribution is 6.06. The van der Waals surface area contributed by atoms with Crippen molar-refractivity contribution in [3.63, 3.8) is 0 Å². The quantitative estimate of drug-likeness (QED) is 0.703. The number of anilines is 3. The van der Waals surface area contributed by atoms with Crippen LogP contribution in [0.4, 0.5) is 17.1 Å². The zero-order chi connectivity index (χ0) is 18.6. The number of methoxy groups -OCH3 is 1. The molecule has 0 unspecified atom stereocenters. The molecule has 0 saturated carbocycles. The van der Waals surface area contributed by atoms with Crippen molar-refractivity contribution in [3.05, 3.63) is 72.3 Å². The van der Waals surface area contributed by atoms with Crippen LogP contribution in [0.3, 0.4) is 0 Å². The van der Waals surface area contributed by atoms with E-state index in [4.69, 9.17) is 14.2 Å². The van der Waals surface area contributed by atoms with Crippen LogP contribution in [-0.4, -0.2) is 19.8 Å². The van der Waals surface area contributed by atoms with Gasteiger partial charge in [-0.15, -0.1) is 0 Å². The largest absolute Gasteiger partial charge is 0.496 e. The number of rotatable bonds is 5. The maximum absolute atomic E-state index is 12.4. The molecule has 0 saturated heterocycles. The number of nitrogens with one attached hydrogen (secondary N) is 2. The van der Waals surface area contributed by atoms with Gasteiger partial charge in [-0.1, -0.05) is 12.1 Å². The summed E-state index contributed by atoms with van der Waals surface area (Å²) in [5.41, 5.74) is 2.97. The predicted molar refractivity (Wildman–Crippen MR) is 103 cm³/mol. The summed E-state index contributed by atoms with van der Waals surface area (Å²) in [7, 11) is 1.54. The number of carbonyl (C=O) groups is 1. The Labute approximate surface area is 156 Å². The van der Waals surface area contributed by atoms with E-state index >= 15 is 0 Å². The van der Waals surface area contributed by atoms with Crippen LogP contribution in [0.15, 0.2) is 66.7 Å². The molecule has 3 aromatic rings. The van der Waals surface area contributed by atoms with Gasteiger partial charge >= 0.3 is 0 Å². The molecule has 6 heteroatoms. The highest BCUT2D eigenvalue weighted by Gasteiger charge is 2.14. The molecule has 1 heterocycles. The number of carbonyl (C=O) groups excluding carboxylic acids is 1. The molecule has 1 aliphatic rings. The van der Waals surface area contributed by atoms with E-state index in [9.17, 15) is 4.79 Å². The van der Waals surface area contributed by atoms with E-state index in [1.165, 1.54) is 0 Å². The number of fused-ring (bicyclic) bond motifs is 1. The summed E-state index contributed by atoms with van der Waals surface area (Å²) in [6, 6.07) is 20.2. The highest BCUT2D eigenvalue weighted by atomic mass is 16.7. The van der Waals surface area contributed by atoms with Crippen LogP contribution in [0, 0.1) is 0 Å². The molecular weight excluding hydrogens is 344 g/mol. The van der Waals surface area contributed by atoms with Gasteiger partial charge in [-0.2, -0.15) is 0 Å². The molecule has 136 valence electrons. The van der Waals surface area contributed by atoms with Crippen molar-refractivity contribution in [2.45, 2.75) is 0 Å². The normalized spacial score (nSPS) is 11.7. The third-order valence-electron chi connectivity index (χ3n) is 4.16. The third-order valence-corrected chi connectivity index (χ3v) is 4.16. The van der Waals surface area contributed by atoms with Gasteiger partial charge in [-0.3, -0.25) is 4.79 Å². The van der Waals surface area contributed by atoms with E-state index in [0.29, 0.717) is 17.0 Å². The van der Waals surface area contributed by atoms with Crippen molar-refractivity contribution < 1.29 is 19.0 Å². The molecular formula is C21H18N2O4. The van der Waals surface area contributed by atoms with Gasteiger partial charge < -0.3 is 24.8 Å². The van der Waals surface area contributed by atoms with Crippen molar-refractivity contribution in [2.75, 3.05) is 24.5 Å². The number of ether oxygens (including phenoxy) is 3. The molecule has 0 bridgehead atoms. The van der Waals surface area contributed by atoms with Crippen molar-refractivity contribution in [1.82, 2.24) is 0 Å². The second-order valence-corrected chi connectivity index (χ2v) is 5.92. The fourth-order valence-electron chi connectivity index (χ4n) is 2.81. The lowest BCUT2D eigenvalue weighted by atomic mass is 10.2. The Kier molecular flexibility index (Phi) is 4.53. The van der Waals surface area contributed by atoms with Crippen molar-refractivity contribution in [1.29, 1.82) is 0 Å². The maximum Gasteiger partial charge on any atom is 0.259 e. The molecule has 3 aromatic carbocycles. The van der Waals surface area contributed by atoms with E-state index < -0.39 is 0 Å². The highest BCUT2D eigenvalue weighted by Crippen LogP contribution is 2.35. The lowest BCUT2D eigenvalue weighted by Gasteiger charge is -2.11. The first-order chi connectivity index (χ1) is 13.2. The third kappa shape index (κ3) is 3.64. The summed E-state index contributed by atoms with van der Waals surface area (Å²) in [6.07, 6.45) is 0. The number of hydrogen-bond acceptors (Lipinski definition) is 5. The zero-order valence-electron chi connectivity index (χ0n) is 14.7. The topological polar surface area (TPSA) is 68.8 Å². The molecule has 6 nitrogen and oxygen atoms in total.